The van der Waals surface area contributed by atoms with Crippen LogP contribution in [0.3, 0.4) is 0 Å². The number of rotatable bonds is 4. The molecule has 2 nitrogen and oxygen atoms in total. The van der Waals surface area contributed by atoms with Crippen molar-refractivity contribution in [3.05, 3.63) is 48.0 Å². The van der Waals surface area contributed by atoms with Crippen molar-refractivity contribution in [2.24, 2.45) is 5.92 Å². The van der Waals surface area contributed by atoms with E-state index in [9.17, 15) is 4.79 Å². The van der Waals surface area contributed by atoms with Gasteiger partial charge in [-0.05, 0) is 18.4 Å². The summed E-state index contributed by atoms with van der Waals surface area (Å²) in [4.78, 5) is 11.1. The molecule has 0 aliphatic carbocycles. The maximum absolute atomic E-state index is 11.1. The highest BCUT2D eigenvalue weighted by Gasteiger charge is 2.26. The zero-order valence-electron chi connectivity index (χ0n) is 9.10. The third-order valence-corrected chi connectivity index (χ3v) is 2.62. The van der Waals surface area contributed by atoms with Crippen LogP contribution in [-0.2, 0) is 4.79 Å². The average molecular weight is 204 g/mol. The Morgan fingerprint density at radius 2 is 1.87 bits per heavy atom. The smallest absolute Gasteiger partial charge is 0.311 e. The Hall–Kier alpha value is -1.57. The fraction of sp³-hybridized carbons (Fsp3) is 0.308. The molecular weight excluding hydrogens is 188 g/mol. The Kier molecular flexibility index (Phi) is 3.67. The van der Waals surface area contributed by atoms with Gasteiger partial charge >= 0.3 is 5.97 Å². The number of carbonyl (C=O) groups is 1. The van der Waals surface area contributed by atoms with Gasteiger partial charge < -0.3 is 5.11 Å². The third-order valence-electron chi connectivity index (χ3n) is 2.62. The number of carboxylic acids is 1. The summed E-state index contributed by atoms with van der Waals surface area (Å²) >= 11 is 0. The summed E-state index contributed by atoms with van der Waals surface area (Å²) in [5, 5.41) is 9.11. The van der Waals surface area contributed by atoms with Gasteiger partial charge in [-0.1, -0.05) is 49.4 Å². The van der Waals surface area contributed by atoms with Gasteiger partial charge in [0, 0.05) is 0 Å². The van der Waals surface area contributed by atoms with E-state index in [1.54, 1.807) is 6.92 Å². The molecule has 0 radical (unpaired) electrons. The number of hydrogen-bond donors (Lipinski definition) is 1. The minimum Gasteiger partial charge on any atom is -0.481 e. The Labute approximate surface area is 90.3 Å². The van der Waals surface area contributed by atoms with Crippen molar-refractivity contribution in [1.29, 1.82) is 0 Å². The van der Waals surface area contributed by atoms with Gasteiger partial charge in [-0.2, -0.15) is 0 Å². The van der Waals surface area contributed by atoms with E-state index in [1.807, 2.05) is 37.3 Å². The van der Waals surface area contributed by atoms with Crippen molar-refractivity contribution in [2.45, 2.75) is 19.8 Å². The highest BCUT2D eigenvalue weighted by molar-refractivity contribution is 5.74. The summed E-state index contributed by atoms with van der Waals surface area (Å²) in [5.74, 6) is -1.35. The van der Waals surface area contributed by atoms with E-state index >= 15 is 0 Å². The first kappa shape index (κ1) is 11.5. The second-order valence-corrected chi connectivity index (χ2v) is 3.86. The minimum atomic E-state index is -0.807. The Bertz CT molecular complexity index is 340. The first-order chi connectivity index (χ1) is 7.04. The molecule has 0 unspecified atom stereocenters. The Morgan fingerprint density at radius 1 is 1.33 bits per heavy atom. The van der Waals surface area contributed by atoms with E-state index in [4.69, 9.17) is 5.11 Å². The molecule has 0 aliphatic rings. The van der Waals surface area contributed by atoms with Gasteiger partial charge in [0.1, 0.15) is 0 Å². The molecular formula is C13H16O2. The molecule has 1 N–H and O–H groups in total. The topological polar surface area (TPSA) is 37.3 Å². The average Bonchev–Trinajstić information content (AvgIpc) is 2.18. The van der Waals surface area contributed by atoms with Crippen LogP contribution in [0.25, 0.3) is 0 Å². The first-order valence-corrected chi connectivity index (χ1v) is 4.97. The first-order valence-electron chi connectivity index (χ1n) is 4.97. The van der Waals surface area contributed by atoms with Crippen LogP contribution >= 0.6 is 0 Å². The molecule has 1 aromatic rings. The predicted octanol–water partition coefficient (Wildman–Crippen LogP) is 3.07. The summed E-state index contributed by atoms with van der Waals surface area (Å²) in [6, 6.07) is 9.66. The van der Waals surface area contributed by atoms with Crippen molar-refractivity contribution in [1.82, 2.24) is 0 Å². The minimum absolute atomic E-state index is 0.0406. The maximum atomic E-state index is 11.1. The third kappa shape index (κ3) is 2.69. The summed E-state index contributed by atoms with van der Waals surface area (Å²) in [5.41, 5.74) is 1.73. The van der Waals surface area contributed by atoms with Crippen molar-refractivity contribution in [2.75, 3.05) is 0 Å². The van der Waals surface area contributed by atoms with Gasteiger partial charge in [-0.15, -0.1) is 0 Å². The zero-order chi connectivity index (χ0) is 11.4. The van der Waals surface area contributed by atoms with E-state index < -0.39 is 11.9 Å². The second-order valence-electron chi connectivity index (χ2n) is 3.86. The van der Waals surface area contributed by atoms with Crippen molar-refractivity contribution < 1.29 is 9.90 Å². The van der Waals surface area contributed by atoms with Crippen LogP contribution in [0.1, 0.15) is 25.3 Å². The Balaban J connectivity index is 2.96. The molecule has 0 saturated heterocycles. The molecule has 15 heavy (non-hydrogen) atoms. The fourth-order valence-corrected chi connectivity index (χ4v) is 1.80. The maximum Gasteiger partial charge on any atom is 0.311 e. The molecule has 0 saturated carbocycles. The molecule has 0 bridgehead atoms. The van der Waals surface area contributed by atoms with Gasteiger partial charge in [-0.3, -0.25) is 4.79 Å². The van der Waals surface area contributed by atoms with Crippen LogP contribution in [0, 0.1) is 5.92 Å². The summed E-state index contributed by atoms with van der Waals surface area (Å²) in [6.07, 6.45) is 0. The molecule has 0 fully saturated rings. The van der Waals surface area contributed by atoms with Crippen LogP contribution in [0.5, 0.6) is 0 Å². The van der Waals surface area contributed by atoms with Crippen molar-refractivity contribution in [3.63, 3.8) is 0 Å². The summed E-state index contributed by atoms with van der Waals surface area (Å²) in [6.45, 7) is 7.42. The monoisotopic (exact) mass is 204 g/mol. The Morgan fingerprint density at radius 3 is 2.27 bits per heavy atom. The van der Waals surface area contributed by atoms with Crippen LogP contribution < -0.4 is 0 Å². The lowest BCUT2D eigenvalue weighted by Gasteiger charge is -2.20. The molecule has 1 rings (SSSR count). The second kappa shape index (κ2) is 4.78. The lowest BCUT2D eigenvalue weighted by atomic mass is 9.83. The largest absolute Gasteiger partial charge is 0.481 e. The molecule has 0 heterocycles. The highest BCUT2D eigenvalue weighted by atomic mass is 16.4. The van der Waals surface area contributed by atoms with E-state index in [0.717, 1.165) is 5.56 Å². The molecule has 80 valence electrons. The number of benzene rings is 1. The summed E-state index contributed by atoms with van der Waals surface area (Å²) < 4.78 is 0. The van der Waals surface area contributed by atoms with E-state index in [1.165, 1.54) is 0 Å². The van der Waals surface area contributed by atoms with Crippen LogP contribution in [0.15, 0.2) is 42.5 Å². The molecule has 0 aliphatic heterocycles. The lowest BCUT2D eigenvalue weighted by molar-refractivity contribution is -0.140. The van der Waals surface area contributed by atoms with E-state index in [-0.39, 0.29) is 5.92 Å². The molecule has 1 aromatic carbocycles. The highest BCUT2D eigenvalue weighted by Crippen LogP contribution is 2.28. The lowest BCUT2D eigenvalue weighted by Crippen LogP contribution is -2.21. The SMILES string of the molecule is C=C(C)[C@H](C(=O)O)[C@H](C)c1ccccc1. The summed E-state index contributed by atoms with van der Waals surface area (Å²) in [7, 11) is 0. The van der Waals surface area contributed by atoms with Gasteiger partial charge in [0.15, 0.2) is 0 Å². The van der Waals surface area contributed by atoms with E-state index in [2.05, 4.69) is 6.58 Å². The quantitative estimate of drug-likeness (QED) is 0.765. The predicted molar refractivity (Wildman–Crippen MR) is 60.8 cm³/mol. The molecule has 0 spiro atoms. The number of hydrogen-bond acceptors (Lipinski definition) is 1. The molecule has 2 atom stereocenters. The normalized spacial score (nSPS) is 14.3. The van der Waals surface area contributed by atoms with Crippen molar-refractivity contribution in [3.8, 4) is 0 Å². The van der Waals surface area contributed by atoms with Gasteiger partial charge in [0.05, 0.1) is 5.92 Å². The standard InChI is InChI=1S/C13H16O2/c1-9(2)12(13(14)15)10(3)11-7-5-4-6-8-11/h4-8,10,12H,1H2,2-3H3,(H,14,15)/t10-,12+/m1/s1. The molecule has 0 amide bonds. The van der Waals surface area contributed by atoms with Crippen LogP contribution in [0.4, 0.5) is 0 Å². The van der Waals surface area contributed by atoms with E-state index in [0.29, 0.717) is 5.57 Å². The van der Waals surface area contributed by atoms with Gasteiger partial charge in [0.25, 0.3) is 0 Å². The fourth-order valence-electron chi connectivity index (χ4n) is 1.80. The number of carboxylic acid groups (broad SMARTS) is 1. The van der Waals surface area contributed by atoms with Gasteiger partial charge in [-0.25, -0.2) is 0 Å². The molecule has 2 heteroatoms. The van der Waals surface area contributed by atoms with Crippen molar-refractivity contribution >= 4 is 5.97 Å². The van der Waals surface area contributed by atoms with Gasteiger partial charge in [0.2, 0.25) is 0 Å². The number of aliphatic carboxylic acids is 1. The van der Waals surface area contributed by atoms with Crippen LogP contribution in [-0.4, -0.2) is 11.1 Å². The molecule has 0 aromatic heterocycles. The van der Waals surface area contributed by atoms with Crippen LogP contribution in [0.2, 0.25) is 0 Å². The zero-order valence-corrected chi connectivity index (χ0v) is 9.10.